The fourth-order valence-corrected chi connectivity index (χ4v) is 1.81. The number of nitrogens with zero attached hydrogens (tertiary/aromatic N) is 3. The van der Waals surface area contributed by atoms with Crippen molar-refractivity contribution in [1.82, 2.24) is 15.0 Å². The number of halogens is 3. The van der Waals surface area contributed by atoms with E-state index in [1.54, 1.807) is 12.3 Å². The van der Waals surface area contributed by atoms with E-state index in [0.29, 0.717) is 5.16 Å². The second kappa shape index (κ2) is 5.53. The van der Waals surface area contributed by atoms with Gasteiger partial charge in [-0.3, -0.25) is 0 Å². The quantitative estimate of drug-likeness (QED) is 0.879. The Hall–Kier alpha value is -2.03. The van der Waals surface area contributed by atoms with Gasteiger partial charge in [0.15, 0.2) is 11.0 Å². The Kier molecular flexibility index (Phi) is 3.98. The highest BCUT2D eigenvalue weighted by Crippen LogP contribution is 2.32. The Balaban J connectivity index is 2.50. The van der Waals surface area contributed by atoms with E-state index in [1.807, 2.05) is 0 Å². The van der Waals surface area contributed by atoms with Crippen LogP contribution in [0.25, 0.3) is 11.4 Å². The lowest BCUT2D eigenvalue weighted by Gasteiger charge is -2.12. The number of nitrogens with two attached hydrogens (primary N) is 1. The molecule has 9 heteroatoms. The largest absolute Gasteiger partial charge is 0.573 e. The molecule has 2 aromatic rings. The Bertz CT molecular complexity index is 621. The SMILES string of the molecule is CSc1nc(N)nc(-c2ccccc2OC(F)(F)F)n1. The standard InChI is InChI=1S/C11H9F3N4OS/c1-20-10-17-8(16-9(15)18-10)6-4-2-3-5-7(6)19-11(12,13)14/h2-5H,1H3,(H2,15,16,17,18). The number of nitrogen functional groups attached to an aromatic ring is 1. The summed E-state index contributed by atoms with van der Waals surface area (Å²) in [6.07, 6.45) is -3.08. The van der Waals surface area contributed by atoms with Crippen LogP contribution in [-0.2, 0) is 0 Å². The van der Waals surface area contributed by atoms with E-state index >= 15 is 0 Å². The molecule has 0 fully saturated rings. The van der Waals surface area contributed by atoms with Gasteiger partial charge in [-0.15, -0.1) is 13.2 Å². The number of ether oxygens (including phenoxy) is 1. The summed E-state index contributed by atoms with van der Waals surface area (Å²) in [4.78, 5) is 11.7. The average Bonchev–Trinajstić information content (AvgIpc) is 2.36. The molecule has 0 amide bonds. The van der Waals surface area contributed by atoms with Crippen LogP contribution >= 0.6 is 11.8 Å². The van der Waals surface area contributed by atoms with Gasteiger partial charge in [-0.25, -0.2) is 4.98 Å². The fraction of sp³-hybridized carbons (Fsp3) is 0.182. The van der Waals surface area contributed by atoms with Gasteiger partial charge in [0.05, 0.1) is 5.56 Å². The lowest BCUT2D eigenvalue weighted by molar-refractivity contribution is -0.274. The number of aromatic nitrogens is 3. The van der Waals surface area contributed by atoms with Gasteiger partial charge in [-0.05, 0) is 18.4 Å². The van der Waals surface area contributed by atoms with Gasteiger partial charge in [0.25, 0.3) is 0 Å². The topological polar surface area (TPSA) is 73.9 Å². The highest BCUT2D eigenvalue weighted by atomic mass is 32.2. The van der Waals surface area contributed by atoms with Gasteiger partial charge in [0.1, 0.15) is 5.75 Å². The molecule has 0 aliphatic heterocycles. The highest BCUT2D eigenvalue weighted by Gasteiger charge is 2.32. The van der Waals surface area contributed by atoms with Crippen molar-refractivity contribution in [2.75, 3.05) is 12.0 Å². The number of para-hydroxylation sites is 1. The maximum Gasteiger partial charge on any atom is 0.573 e. The van der Waals surface area contributed by atoms with Crippen LogP contribution in [0.4, 0.5) is 19.1 Å². The molecule has 0 atom stereocenters. The molecule has 0 spiro atoms. The Morgan fingerprint density at radius 1 is 1.15 bits per heavy atom. The van der Waals surface area contributed by atoms with Crippen molar-refractivity contribution < 1.29 is 17.9 Å². The first-order valence-electron chi connectivity index (χ1n) is 5.30. The first-order chi connectivity index (χ1) is 9.39. The summed E-state index contributed by atoms with van der Waals surface area (Å²) >= 11 is 1.21. The summed E-state index contributed by atoms with van der Waals surface area (Å²) < 4.78 is 41.0. The molecule has 0 saturated heterocycles. The van der Waals surface area contributed by atoms with Crippen molar-refractivity contribution in [2.45, 2.75) is 11.5 Å². The normalized spacial score (nSPS) is 11.4. The molecule has 20 heavy (non-hydrogen) atoms. The van der Waals surface area contributed by atoms with E-state index in [-0.39, 0.29) is 17.3 Å². The lowest BCUT2D eigenvalue weighted by atomic mass is 10.2. The third kappa shape index (κ3) is 3.50. The monoisotopic (exact) mass is 302 g/mol. The Labute approximate surface area is 116 Å². The minimum Gasteiger partial charge on any atom is -0.405 e. The van der Waals surface area contributed by atoms with Crippen LogP contribution in [0.5, 0.6) is 5.75 Å². The van der Waals surface area contributed by atoms with Crippen LogP contribution in [0.3, 0.4) is 0 Å². The molecule has 0 bridgehead atoms. The van der Waals surface area contributed by atoms with E-state index in [2.05, 4.69) is 19.7 Å². The third-order valence-electron chi connectivity index (χ3n) is 2.17. The molecule has 1 aromatic carbocycles. The Morgan fingerprint density at radius 3 is 2.50 bits per heavy atom. The van der Waals surface area contributed by atoms with Crippen molar-refractivity contribution in [3.63, 3.8) is 0 Å². The van der Waals surface area contributed by atoms with Gasteiger partial charge < -0.3 is 10.5 Å². The molecule has 1 aromatic heterocycles. The summed E-state index contributed by atoms with van der Waals surface area (Å²) in [7, 11) is 0. The zero-order valence-electron chi connectivity index (χ0n) is 10.2. The summed E-state index contributed by atoms with van der Waals surface area (Å²) in [6, 6.07) is 5.57. The minimum absolute atomic E-state index is 0.0294. The molecule has 2 rings (SSSR count). The number of rotatable bonds is 3. The van der Waals surface area contributed by atoms with Gasteiger partial charge in [0, 0.05) is 0 Å². The van der Waals surface area contributed by atoms with Gasteiger partial charge in [-0.2, -0.15) is 9.97 Å². The molecule has 0 aliphatic rings. The predicted octanol–water partition coefficient (Wildman–Crippen LogP) is 2.74. The molecule has 1 heterocycles. The zero-order chi connectivity index (χ0) is 14.8. The number of thioether (sulfide) groups is 1. The number of alkyl halides is 3. The number of anilines is 1. The maximum atomic E-state index is 12.4. The molecule has 2 N–H and O–H groups in total. The van der Waals surface area contributed by atoms with Crippen molar-refractivity contribution in [1.29, 1.82) is 0 Å². The van der Waals surface area contributed by atoms with Gasteiger partial charge in [-0.1, -0.05) is 23.9 Å². The Morgan fingerprint density at radius 2 is 1.85 bits per heavy atom. The van der Waals surface area contributed by atoms with Crippen LogP contribution in [0, 0.1) is 0 Å². The molecule has 0 unspecified atom stereocenters. The van der Waals surface area contributed by atoms with E-state index in [0.717, 1.165) is 0 Å². The molecular formula is C11H9F3N4OS. The highest BCUT2D eigenvalue weighted by molar-refractivity contribution is 7.98. The van der Waals surface area contributed by atoms with E-state index in [9.17, 15) is 13.2 Å². The lowest BCUT2D eigenvalue weighted by Crippen LogP contribution is -2.17. The van der Waals surface area contributed by atoms with Crippen molar-refractivity contribution >= 4 is 17.7 Å². The second-order valence-corrected chi connectivity index (χ2v) is 4.32. The zero-order valence-corrected chi connectivity index (χ0v) is 11.0. The summed E-state index contributed by atoms with van der Waals surface area (Å²) in [6.45, 7) is 0. The van der Waals surface area contributed by atoms with Crippen molar-refractivity contribution in [2.24, 2.45) is 0 Å². The van der Waals surface area contributed by atoms with E-state index in [4.69, 9.17) is 5.73 Å². The van der Waals surface area contributed by atoms with E-state index in [1.165, 1.54) is 30.0 Å². The predicted molar refractivity (Wildman–Crippen MR) is 68.1 cm³/mol. The average molecular weight is 302 g/mol. The first-order valence-corrected chi connectivity index (χ1v) is 6.52. The third-order valence-corrected chi connectivity index (χ3v) is 2.72. The molecule has 0 radical (unpaired) electrons. The smallest absolute Gasteiger partial charge is 0.405 e. The fourth-order valence-electron chi connectivity index (χ4n) is 1.45. The van der Waals surface area contributed by atoms with Crippen LogP contribution in [0.2, 0.25) is 0 Å². The van der Waals surface area contributed by atoms with Crippen LogP contribution in [-0.4, -0.2) is 27.6 Å². The van der Waals surface area contributed by atoms with Crippen molar-refractivity contribution in [3.8, 4) is 17.1 Å². The van der Waals surface area contributed by atoms with Crippen molar-refractivity contribution in [3.05, 3.63) is 24.3 Å². The molecule has 0 saturated carbocycles. The van der Waals surface area contributed by atoms with Gasteiger partial charge >= 0.3 is 6.36 Å². The summed E-state index contributed by atoms with van der Waals surface area (Å²) in [5.74, 6) is -0.430. The maximum absolute atomic E-state index is 12.4. The number of hydrogen-bond acceptors (Lipinski definition) is 6. The number of hydrogen-bond donors (Lipinski definition) is 1. The van der Waals surface area contributed by atoms with Crippen LogP contribution < -0.4 is 10.5 Å². The molecular weight excluding hydrogens is 293 g/mol. The van der Waals surface area contributed by atoms with Crippen LogP contribution in [0.1, 0.15) is 0 Å². The van der Waals surface area contributed by atoms with Crippen LogP contribution in [0.15, 0.2) is 29.4 Å². The van der Waals surface area contributed by atoms with E-state index < -0.39 is 12.1 Å². The molecule has 5 nitrogen and oxygen atoms in total. The molecule has 0 aliphatic carbocycles. The second-order valence-electron chi connectivity index (χ2n) is 3.55. The number of benzene rings is 1. The molecule has 106 valence electrons. The summed E-state index contributed by atoms with van der Waals surface area (Å²) in [5, 5.41) is 0.314. The minimum atomic E-state index is -4.79. The first kappa shape index (κ1) is 14.4. The summed E-state index contributed by atoms with van der Waals surface area (Å²) in [5.41, 5.74) is 5.60. The van der Waals surface area contributed by atoms with Gasteiger partial charge in [0.2, 0.25) is 5.95 Å².